The molecular formula is C17H32O3. The maximum Gasteiger partial charge on any atom is 0.305 e. The van der Waals surface area contributed by atoms with Crippen LogP contribution in [0.4, 0.5) is 0 Å². The van der Waals surface area contributed by atoms with Crippen molar-refractivity contribution < 1.29 is 14.6 Å². The number of carbonyl (C=O) groups excluding carboxylic acids is 1. The Morgan fingerprint density at radius 2 is 1.35 bits per heavy atom. The predicted molar refractivity (Wildman–Crippen MR) is 83.6 cm³/mol. The summed E-state index contributed by atoms with van der Waals surface area (Å²) in [5, 5.41) is 8.65. The Kier molecular flexibility index (Phi) is 15.6. The maximum absolute atomic E-state index is 10.9. The van der Waals surface area contributed by atoms with E-state index in [1.807, 2.05) is 0 Å². The highest BCUT2D eigenvalue weighted by Crippen LogP contribution is 2.09. The van der Waals surface area contributed by atoms with Crippen LogP contribution in [0.3, 0.4) is 0 Å². The Labute approximate surface area is 124 Å². The lowest BCUT2D eigenvalue weighted by molar-refractivity contribution is -0.140. The molecule has 3 heteroatoms. The maximum atomic E-state index is 10.9. The van der Waals surface area contributed by atoms with Gasteiger partial charge in [-0.25, -0.2) is 0 Å². The molecular weight excluding hydrogens is 252 g/mol. The summed E-state index contributed by atoms with van der Waals surface area (Å²) in [7, 11) is 1.45. The van der Waals surface area contributed by atoms with Crippen molar-refractivity contribution in [3.05, 3.63) is 12.2 Å². The van der Waals surface area contributed by atoms with Crippen LogP contribution < -0.4 is 0 Å². The van der Waals surface area contributed by atoms with Crippen LogP contribution in [-0.2, 0) is 9.53 Å². The van der Waals surface area contributed by atoms with Gasteiger partial charge >= 0.3 is 5.97 Å². The molecule has 0 amide bonds. The standard InChI is InChI=1S/C17H32O3/c1-20-17(19)15-13-11-9-7-5-3-2-4-6-8-10-12-14-16-18/h2,4,18H,3,5-16H2,1H3/b4-2-. The zero-order valence-corrected chi connectivity index (χ0v) is 13.1. The molecule has 3 nitrogen and oxygen atoms in total. The molecule has 118 valence electrons. The Bertz CT molecular complexity index is 236. The van der Waals surface area contributed by atoms with Gasteiger partial charge in [-0.2, -0.15) is 0 Å². The minimum atomic E-state index is -0.0908. The Balaban J connectivity index is 3.10. The summed E-state index contributed by atoms with van der Waals surface area (Å²) in [6.07, 6.45) is 17.8. The zero-order chi connectivity index (χ0) is 14.9. The second kappa shape index (κ2) is 16.2. The summed E-state index contributed by atoms with van der Waals surface area (Å²) in [5.41, 5.74) is 0. The average molecular weight is 284 g/mol. The molecule has 0 aromatic rings. The van der Waals surface area contributed by atoms with E-state index in [0.29, 0.717) is 13.0 Å². The molecule has 0 aromatic carbocycles. The van der Waals surface area contributed by atoms with Gasteiger partial charge in [-0.05, 0) is 38.5 Å². The summed E-state index contributed by atoms with van der Waals surface area (Å²) in [4.78, 5) is 10.9. The second-order valence-corrected chi connectivity index (χ2v) is 5.28. The fraction of sp³-hybridized carbons (Fsp3) is 0.824. The molecule has 0 heterocycles. The van der Waals surface area contributed by atoms with E-state index in [1.54, 1.807) is 0 Å². The largest absolute Gasteiger partial charge is 0.469 e. The normalized spacial score (nSPS) is 11.1. The van der Waals surface area contributed by atoms with Crippen molar-refractivity contribution in [2.24, 2.45) is 0 Å². The summed E-state index contributed by atoms with van der Waals surface area (Å²) in [6, 6.07) is 0. The Hall–Kier alpha value is -0.830. The lowest BCUT2D eigenvalue weighted by Gasteiger charge is -2.00. The molecule has 0 atom stereocenters. The van der Waals surface area contributed by atoms with Crippen molar-refractivity contribution >= 4 is 5.97 Å². The summed E-state index contributed by atoms with van der Waals surface area (Å²) >= 11 is 0. The van der Waals surface area contributed by atoms with Gasteiger partial charge in [0.1, 0.15) is 0 Å². The van der Waals surface area contributed by atoms with Gasteiger partial charge in [0, 0.05) is 13.0 Å². The molecule has 0 aliphatic rings. The van der Waals surface area contributed by atoms with Crippen molar-refractivity contribution in [3.8, 4) is 0 Å². The fourth-order valence-electron chi connectivity index (χ4n) is 2.13. The van der Waals surface area contributed by atoms with Gasteiger partial charge in [-0.15, -0.1) is 0 Å². The number of hydrogen-bond donors (Lipinski definition) is 1. The molecule has 1 N–H and O–H groups in total. The van der Waals surface area contributed by atoms with Crippen LogP contribution in [0.15, 0.2) is 12.2 Å². The van der Waals surface area contributed by atoms with E-state index in [0.717, 1.165) is 25.7 Å². The number of esters is 1. The predicted octanol–water partition coefficient (Wildman–Crippen LogP) is 4.39. The van der Waals surface area contributed by atoms with Crippen molar-refractivity contribution in [3.63, 3.8) is 0 Å². The van der Waals surface area contributed by atoms with Crippen molar-refractivity contribution in [2.75, 3.05) is 13.7 Å². The van der Waals surface area contributed by atoms with E-state index < -0.39 is 0 Å². The monoisotopic (exact) mass is 284 g/mol. The van der Waals surface area contributed by atoms with E-state index in [1.165, 1.54) is 52.1 Å². The number of aliphatic hydroxyl groups is 1. The highest BCUT2D eigenvalue weighted by Gasteiger charge is 1.98. The molecule has 0 spiro atoms. The molecule has 0 unspecified atom stereocenters. The van der Waals surface area contributed by atoms with Crippen molar-refractivity contribution in [2.45, 2.75) is 77.0 Å². The van der Waals surface area contributed by atoms with Crippen LogP contribution in [0.2, 0.25) is 0 Å². The number of carbonyl (C=O) groups is 1. The van der Waals surface area contributed by atoms with Crippen LogP contribution in [0.5, 0.6) is 0 Å². The molecule has 0 saturated heterocycles. The van der Waals surface area contributed by atoms with E-state index >= 15 is 0 Å². The van der Waals surface area contributed by atoms with Gasteiger partial charge in [0.25, 0.3) is 0 Å². The van der Waals surface area contributed by atoms with Crippen molar-refractivity contribution in [1.82, 2.24) is 0 Å². The number of hydrogen-bond acceptors (Lipinski definition) is 3. The minimum Gasteiger partial charge on any atom is -0.469 e. The lowest BCUT2D eigenvalue weighted by Crippen LogP contribution is -1.98. The average Bonchev–Trinajstić information content (AvgIpc) is 2.47. The van der Waals surface area contributed by atoms with Crippen LogP contribution in [0.1, 0.15) is 77.0 Å². The first-order valence-corrected chi connectivity index (χ1v) is 8.14. The van der Waals surface area contributed by atoms with E-state index in [9.17, 15) is 4.79 Å². The smallest absolute Gasteiger partial charge is 0.305 e. The van der Waals surface area contributed by atoms with Gasteiger partial charge in [0.05, 0.1) is 7.11 Å². The third-order valence-corrected chi connectivity index (χ3v) is 3.42. The van der Waals surface area contributed by atoms with E-state index in [2.05, 4.69) is 16.9 Å². The topological polar surface area (TPSA) is 46.5 Å². The third-order valence-electron chi connectivity index (χ3n) is 3.42. The van der Waals surface area contributed by atoms with Gasteiger partial charge in [0.15, 0.2) is 0 Å². The third kappa shape index (κ3) is 15.2. The number of unbranched alkanes of at least 4 members (excludes halogenated alkanes) is 9. The highest BCUT2D eigenvalue weighted by molar-refractivity contribution is 5.68. The minimum absolute atomic E-state index is 0.0908. The number of ether oxygens (including phenoxy) is 1. The fourth-order valence-corrected chi connectivity index (χ4v) is 2.13. The Morgan fingerprint density at radius 1 is 0.850 bits per heavy atom. The Morgan fingerprint density at radius 3 is 1.90 bits per heavy atom. The van der Waals surface area contributed by atoms with Crippen LogP contribution >= 0.6 is 0 Å². The van der Waals surface area contributed by atoms with Crippen LogP contribution in [-0.4, -0.2) is 24.8 Å². The molecule has 0 aliphatic carbocycles. The van der Waals surface area contributed by atoms with Gasteiger partial charge in [-0.3, -0.25) is 4.79 Å². The van der Waals surface area contributed by atoms with Crippen LogP contribution in [0.25, 0.3) is 0 Å². The van der Waals surface area contributed by atoms with Gasteiger partial charge < -0.3 is 9.84 Å². The molecule has 0 radical (unpaired) electrons. The van der Waals surface area contributed by atoms with Crippen molar-refractivity contribution in [1.29, 1.82) is 0 Å². The molecule has 0 saturated carbocycles. The highest BCUT2D eigenvalue weighted by atomic mass is 16.5. The number of rotatable bonds is 14. The molecule has 20 heavy (non-hydrogen) atoms. The number of methoxy groups -OCH3 is 1. The van der Waals surface area contributed by atoms with E-state index in [-0.39, 0.29) is 5.97 Å². The van der Waals surface area contributed by atoms with E-state index in [4.69, 9.17) is 5.11 Å². The number of aliphatic hydroxyl groups excluding tert-OH is 1. The van der Waals surface area contributed by atoms with Crippen LogP contribution in [0, 0.1) is 0 Å². The SMILES string of the molecule is COC(=O)CCCCCCC/C=C\CCCCCCO. The first-order valence-electron chi connectivity index (χ1n) is 8.14. The number of allylic oxidation sites excluding steroid dienone is 2. The van der Waals surface area contributed by atoms with Gasteiger partial charge in [0.2, 0.25) is 0 Å². The molecule has 0 aromatic heterocycles. The molecule has 0 bridgehead atoms. The zero-order valence-electron chi connectivity index (χ0n) is 13.1. The second-order valence-electron chi connectivity index (χ2n) is 5.28. The molecule has 0 rings (SSSR count). The molecule has 0 fully saturated rings. The lowest BCUT2D eigenvalue weighted by atomic mass is 10.1. The quantitative estimate of drug-likeness (QED) is 0.292. The first kappa shape index (κ1) is 19.2. The first-order chi connectivity index (χ1) is 9.81. The summed E-state index contributed by atoms with van der Waals surface area (Å²) < 4.78 is 4.60. The molecule has 0 aliphatic heterocycles. The summed E-state index contributed by atoms with van der Waals surface area (Å²) in [6.45, 7) is 0.329. The van der Waals surface area contributed by atoms with Gasteiger partial charge in [-0.1, -0.05) is 44.3 Å². The summed E-state index contributed by atoms with van der Waals surface area (Å²) in [5.74, 6) is -0.0908.